The van der Waals surface area contributed by atoms with Gasteiger partial charge >= 0.3 is 0 Å². The molecule has 0 spiro atoms. The van der Waals surface area contributed by atoms with Crippen LogP contribution in [0.2, 0.25) is 0 Å². The summed E-state index contributed by atoms with van der Waals surface area (Å²) >= 11 is 0. The van der Waals surface area contributed by atoms with Gasteiger partial charge in [-0.05, 0) is 41.8 Å². The maximum absolute atomic E-state index is 12.3. The Morgan fingerprint density at radius 3 is 2.04 bits per heavy atom. The van der Waals surface area contributed by atoms with E-state index in [1.165, 1.54) is 5.69 Å². The number of anilines is 1. The van der Waals surface area contributed by atoms with Gasteiger partial charge in [-0.25, -0.2) is 0 Å². The summed E-state index contributed by atoms with van der Waals surface area (Å²) in [6.45, 7) is 1.56. The van der Waals surface area contributed by atoms with Crippen LogP contribution in [0, 0.1) is 0 Å². The molecule has 26 heavy (non-hydrogen) atoms. The number of amides is 1. The Balaban J connectivity index is 1.46. The number of carbonyl (C=O) groups excluding carboxylic acids is 1. The van der Waals surface area contributed by atoms with Gasteiger partial charge in [0, 0.05) is 31.4 Å². The minimum Gasteiger partial charge on any atom is -0.375 e. The van der Waals surface area contributed by atoms with Crippen LogP contribution < -0.4 is 10.2 Å². The van der Waals surface area contributed by atoms with Crippen molar-refractivity contribution in [3.8, 4) is 11.1 Å². The lowest BCUT2D eigenvalue weighted by molar-refractivity contribution is 0.0953. The smallest absolute Gasteiger partial charge is 0.251 e. The fourth-order valence-corrected chi connectivity index (χ4v) is 2.88. The molecule has 132 valence electrons. The standard InChI is InChI=1S/C23H24N2O/c1-25(22-11-6-3-7-12-22)18-8-17-24-23(26)21-15-13-20(14-16-21)19-9-4-2-5-10-19/h2-7,9-16H,8,17-18H2,1H3,(H,24,26). The van der Waals surface area contributed by atoms with Gasteiger partial charge in [0.25, 0.3) is 5.91 Å². The molecular weight excluding hydrogens is 320 g/mol. The molecule has 3 heteroatoms. The highest BCUT2D eigenvalue weighted by Crippen LogP contribution is 2.19. The molecule has 3 aromatic carbocycles. The van der Waals surface area contributed by atoms with Crippen LogP contribution >= 0.6 is 0 Å². The second kappa shape index (κ2) is 8.86. The van der Waals surface area contributed by atoms with E-state index in [1.807, 2.05) is 60.7 Å². The van der Waals surface area contributed by atoms with E-state index in [2.05, 4.69) is 41.5 Å². The summed E-state index contributed by atoms with van der Waals surface area (Å²) in [5, 5.41) is 3.00. The molecule has 3 aromatic rings. The van der Waals surface area contributed by atoms with E-state index in [-0.39, 0.29) is 5.91 Å². The van der Waals surface area contributed by atoms with Crippen molar-refractivity contribution in [1.29, 1.82) is 0 Å². The van der Waals surface area contributed by atoms with Gasteiger partial charge in [-0.3, -0.25) is 4.79 Å². The van der Waals surface area contributed by atoms with Crippen molar-refractivity contribution in [2.45, 2.75) is 6.42 Å². The first-order chi connectivity index (χ1) is 12.7. The normalized spacial score (nSPS) is 10.3. The van der Waals surface area contributed by atoms with Gasteiger partial charge in [0.2, 0.25) is 0 Å². The Hall–Kier alpha value is -3.07. The van der Waals surface area contributed by atoms with Crippen molar-refractivity contribution < 1.29 is 4.79 Å². The Morgan fingerprint density at radius 2 is 1.38 bits per heavy atom. The molecule has 1 amide bonds. The number of nitrogens with one attached hydrogen (secondary N) is 1. The summed E-state index contributed by atoms with van der Waals surface area (Å²) < 4.78 is 0. The van der Waals surface area contributed by atoms with Crippen LogP contribution in [0.3, 0.4) is 0 Å². The van der Waals surface area contributed by atoms with Crippen LogP contribution in [-0.4, -0.2) is 26.0 Å². The van der Waals surface area contributed by atoms with Crippen LogP contribution in [0.1, 0.15) is 16.8 Å². The van der Waals surface area contributed by atoms with Crippen LogP contribution in [0.25, 0.3) is 11.1 Å². The highest BCUT2D eigenvalue weighted by molar-refractivity contribution is 5.94. The van der Waals surface area contributed by atoms with E-state index in [0.29, 0.717) is 12.1 Å². The summed E-state index contributed by atoms with van der Waals surface area (Å²) in [5.74, 6) is -0.0213. The van der Waals surface area contributed by atoms with Crippen LogP contribution in [0.4, 0.5) is 5.69 Å². The average molecular weight is 344 g/mol. The van der Waals surface area contributed by atoms with Crippen molar-refractivity contribution in [3.63, 3.8) is 0 Å². The molecule has 3 nitrogen and oxygen atoms in total. The minimum atomic E-state index is -0.0213. The molecule has 1 N–H and O–H groups in total. The number of rotatable bonds is 7. The monoisotopic (exact) mass is 344 g/mol. The van der Waals surface area contributed by atoms with Crippen molar-refractivity contribution in [3.05, 3.63) is 90.5 Å². The van der Waals surface area contributed by atoms with E-state index in [4.69, 9.17) is 0 Å². The van der Waals surface area contributed by atoms with Gasteiger partial charge in [0.15, 0.2) is 0 Å². The number of hydrogen-bond acceptors (Lipinski definition) is 2. The highest BCUT2D eigenvalue weighted by Gasteiger charge is 2.06. The van der Waals surface area contributed by atoms with Gasteiger partial charge in [0.05, 0.1) is 0 Å². The van der Waals surface area contributed by atoms with Gasteiger partial charge in [0.1, 0.15) is 0 Å². The quantitative estimate of drug-likeness (QED) is 0.635. The van der Waals surface area contributed by atoms with E-state index in [9.17, 15) is 4.79 Å². The zero-order chi connectivity index (χ0) is 18.2. The summed E-state index contributed by atoms with van der Waals surface area (Å²) in [4.78, 5) is 14.5. The second-order valence-corrected chi connectivity index (χ2v) is 6.31. The molecule has 0 aromatic heterocycles. The molecular formula is C23H24N2O. The molecule has 0 radical (unpaired) electrons. The van der Waals surface area contributed by atoms with Crippen molar-refractivity contribution in [2.24, 2.45) is 0 Å². The topological polar surface area (TPSA) is 32.3 Å². The average Bonchev–Trinajstić information content (AvgIpc) is 2.72. The van der Waals surface area contributed by atoms with Crippen LogP contribution in [0.5, 0.6) is 0 Å². The molecule has 0 aliphatic carbocycles. The van der Waals surface area contributed by atoms with Crippen molar-refractivity contribution in [1.82, 2.24) is 5.32 Å². The maximum atomic E-state index is 12.3. The highest BCUT2D eigenvalue weighted by atomic mass is 16.1. The van der Waals surface area contributed by atoms with E-state index < -0.39 is 0 Å². The lowest BCUT2D eigenvalue weighted by Gasteiger charge is -2.19. The van der Waals surface area contributed by atoms with Crippen molar-refractivity contribution >= 4 is 11.6 Å². The Labute approximate surface area is 155 Å². The number of carbonyl (C=O) groups is 1. The Morgan fingerprint density at radius 1 is 0.808 bits per heavy atom. The third-order valence-electron chi connectivity index (χ3n) is 4.41. The molecule has 0 bridgehead atoms. The predicted octanol–water partition coefficient (Wildman–Crippen LogP) is 4.61. The molecule has 0 aliphatic heterocycles. The fraction of sp³-hybridized carbons (Fsp3) is 0.174. The van der Waals surface area contributed by atoms with E-state index >= 15 is 0 Å². The van der Waals surface area contributed by atoms with E-state index in [0.717, 1.165) is 24.1 Å². The van der Waals surface area contributed by atoms with Crippen LogP contribution in [0.15, 0.2) is 84.9 Å². The molecule has 0 atom stereocenters. The van der Waals surface area contributed by atoms with E-state index in [1.54, 1.807) is 0 Å². The summed E-state index contributed by atoms with van der Waals surface area (Å²) in [6, 6.07) is 28.2. The van der Waals surface area contributed by atoms with Gasteiger partial charge < -0.3 is 10.2 Å². The fourth-order valence-electron chi connectivity index (χ4n) is 2.88. The third-order valence-corrected chi connectivity index (χ3v) is 4.41. The molecule has 0 aliphatic rings. The number of nitrogens with zero attached hydrogens (tertiary/aromatic N) is 1. The predicted molar refractivity (Wildman–Crippen MR) is 109 cm³/mol. The third kappa shape index (κ3) is 4.73. The summed E-state index contributed by atoms with van der Waals surface area (Å²) in [5.41, 5.74) is 4.16. The lowest BCUT2D eigenvalue weighted by Crippen LogP contribution is -2.28. The maximum Gasteiger partial charge on any atom is 0.251 e. The molecule has 3 rings (SSSR count). The Kier molecular flexibility index (Phi) is 6.05. The zero-order valence-corrected chi connectivity index (χ0v) is 15.1. The largest absolute Gasteiger partial charge is 0.375 e. The zero-order valence-electron chi connectivity index (χ0n) is 15.1. The SMILES string of the molecule is CN(CCCNC(=O)c1ccc(-c2ccccc2)cc1)c1ccccc1. The number of para-hydroxylation sites is 1. The Bertz CT molecular complexity index is 814. The van der Waals surface area contributed by atoms with Gasteiger partial charge in [-0.15, -0.1) is 0 Å². The molecule has 0 heterocycles. The lowest BCUT2D eigenvalue weighted by atomic mass is 10.0. The van der Waals surface area contributed by atoms with Gasteiger partial charge in [-0.1, -0.05) is 60.7 Å². The molecule has 0 fully saturated rings. The number of benzene rings is 3. The first-order valence-corrected chi connectivity index (χ1v) is 8.94. The molecule has 0 unspecified atom stereocenters. The van der Waals surface area contributed by atoms with Gasteiger partial charge in [-0.2, -0.15) is 0 Å². The molecule has 0 saturated carbocycles. The summed E-state index contributed by atoms with van der Waals surface area (Å²) in [7, 11) is 2.07. The first-order valence-electron chi connectivity index (χ1n) is 8.94. The first kappa shape index (κ1) is 17.7. The molecule has 0 saturated heterocycles. The minimum absolute atomic E-state index is 0.0213. The second-order valence-electron chi connectivity index (χ2n) is 6.31. The van der Waals surface area contributed by atoms with Crippen molar-refractivity contribution in [2.75, 3.05) is 25.0 Å². The van der Waals surface area contributed by atoms with Crippen LogP contribution in [-0.2, 0) is 0 Å². The number of hydrogen-bond donors (Lipinski definition) is 1. The summed E-state index contributed by atoms with van der Waals surface area (Å²) in [6.07, 6.45) is 0.902.